The first-order chi connectivity index (χ1) is 5.75. The maximum atomic E-state index is 4.76. The summed E-state index contributed by atoms with van der Waals surface area (Å²) in [4.78, 5) is 7.88. The second kappa shape index (κ2) is 2.64. The van der Waals surface area contributed by atoms with Gasteiger partial charge < -0.3 is 0 Å². The van der Waals surface area contributed by atoms with E-state index < -0.39 is 0 Å². The number of aromatic amines is 4. The minimum atomic E-state index is 0.382. The van der Waals surface area contributed by atoms with Gasteiger partial charge in [0, 0.05) is 0 Å². The zero-order valence-electron chi connectivity index (χ0n) is 5.71. The Morgan fingerprint density at radius 2 is 1.17 bits per heavy atom. The van der Waals surface area contributed by atoms with E-state index in [1.807, 2.05) is 0 Å². The summed E-state index contributed by atoms with van der Waals surface area (Å²) in [6.45, 7) is 0. The molecule has 0 spiro atoms. The lowest BCUT2D eigenvalue weighted by atomic mass is 10.6. The van der Waals surface area contributed by atoms with Gasteiger partial charge >= 0.3 is 0 Å². The fraction of sp³-hybridized carbons (Fsp3) is 0. The van der Waals surface area contributed by atoms with E-state index in [2.05, 4.69) is 30.4 Å². The maximum Gasteiger partial charge on any atom is 0.213 e. The summed E-state index contributed by atoms with van der Waals surface area (Å²) < 4.78 is 0.764. The van der Waals surface area contributed by atoms with Crippen molar-refractivity contribution in [1.29, 1.82) is 0 Å². The van der Waals surface area contributed by atoms with Crippen LogP contribution in [-0.4, -0.2) is 30.4 Å². The predicted molar refractivity (Wildman–Crippen MR) is 46.5 cm³/mol. The smallest absolute Gasteiger partial charge is 0.213 e. The molecule has 62 valence electrons. The van der Waals surface area contributed by atoms with E-state index in [0.717, 1.165) is 0 Å². The van der Waals surface area contributed by atoms with Gasteiger partial charge in [-0.3, -0.25) is 20.4 Å². The summed E-state index contributed by atoms with van der Waals surface area (Å²) in [6, 6.07) is 0. The molecule has 0 aliphatic heterocycles. The van der Waals surface area contributed by atoms with Crippen molar-refractivity contribution in [2.24, 2.45) is 0 Å². The maximum absolute atomic E-state index is 4.76. The summed E-state index contributed by atoms with van der Waals surface area (Å²) in [5.74, 6) is 1.07. The third-order valence-electron chi connectivity index (χ3n) is 1.23. The summed E-state index contributed by atoms with van der Waals surface area (Å²) in [6.07, 6.45) is 0. The molecule has 2 heterocycles. The number of aromatic nitrogens is 6. The second-order valence-electron chi connectivity index (χ2n) is 2.03. The van der Waals surface area contributed by atoms with Crippen LogP contribution < -0.4 is 0 Å². The molecule has 8 heteroatoms. The molecule has 2 rings (SSSR count). The Morgan fingerprint density at radius 3 is 1.42 bits per heavy atom. The minimum absolute atomic E-state index is 0.382. The lowest BCUT2D eigenvalue weighted by Crippen LogP contribution is -1.82. The van der Waals surface area contributed by atoms with E-state index in [4.69, 9.17) is 24.4 Å². The Labute approximate surface area is 76.4 Å². The first kappa shape index (κ1) is 7.37. The highest BCUT2D eigenvalue weighted by atomic mass is 32.1. The van der Waals surface area contributed by atoms with Crippen LogP contribution in [0.4, 0.5) is 0 Å². The zero-order chi connectivity index (χ0) is 8.55. The number of H-pyrrole nitrogens is 4. The highest BCUT2D eigenvalue weighted by molar-refractivity contribution is 7.71. The third kappa shape index (κ3) is 1.21. The molecule has 0 saturated heterocycles. The van der Waals surface area contributed by atoms with Gasteiger partial charge in [-0.25, -0.2) is 0 Å². The van der Waals surface area contributed by atoms with Crippen LogP contribution >= 0.6 is 24.4 Å². The van der Waals surface area contributed by atoms with Crippen LogP contribution in [0.15, 0.2) is 0 Å². The van der Waals surface area contributed by atoms with Crippen LogP contribution in [0.2, 0.25) is 0 Å². The molecule has 0 aliphatic rings. The molecular weight excluding hydrogens is 196 g/mol. The molecule has 0 bridgehead atoms. The minimum Gasteiger partial charge on any atom is -0.279 e. The average Bonchev–Trinajstić information content (AvgIpc) is 2.58. The van der Waals surface area contributed by atoms with Crippen molar-refractivity contribution in [2.75, 3.05) is 0 Å². The number of rotatable bonds is 1. The number of nitrogens with one attached hydrogen (secondary N) is 4. The SMILES string of the molecule is S=c1nc(-c2nc(=S)[nH][nH]2)[nH][nH]1. The van der Waals surface area contributed by atoms with Crippen molar-refractivity contribution in [3.63, 3.8) is 0 Å². The van der Waals surface area contributed by atoms with Crippen LogP contribution in [0.3, 0.4) is 0 Å². The molecule has 0 atom stereocenters. The molecular formula is C4H4N6S2. The van der Waals surface area contributed by atoms with Crippen LogP contribution in [-0.2, 0) is 0 Å². The Hall–Kier alpha value is -1.28. The van der Waals surface area contributed by atoms with E-state index in [1.165, 1.54) is 0 Å². The van der Waals surface area contributed by atoms with Crippen LogP contribution in [0.5, 0.6) is 0 Å². The molecule has 0 aliphatic carbocycles. The van der Waals surface area contributed by atoms with Gasteiger partial charge in [0.05, 0.1) is 0 Å². The largest absolute Gasteiger partial charge is 0.279 e. The molecule has 4 N–H and O–H groups in total. The fourth-order valence-corrected chi connectivity index (χ4v) is 1.05. The van der Waals surface area contributed by atoms with E-state index >= 15 is 0 Å². The van der Waals surface area contributed by atoms with Crippen LogP contribution in [0, 0.1) is 9.54 Å². The normalized spacial score (nSPS) is 10.3. The Bertz CT molecular complexity index is 439. The van der Waals surface area contributed by atoms with Crippen molar-refractivity contribution in [2.45, 2.75) is 0 Å². The van der Waals surface area contributed by atoms with Crippen molar-refractivity contribution < 1.29 is 0 Å². The highest BCUT2D eigenvalue weighted by Crippen LogP contribution is 2.04. The van der Waals surface area contributed by atoms with Crippen LogP contribution in [0.1, 0.15) is 0 Å². The summed E-state index contributed by atoms with van der Waals surface area (Å²) in [5.41, 5.74) is 0. The standard InChI is InChI=1S/C4H4N6S2/c11-3-5-1(7-9-3)2-6-4(12)10-8-2/h(H2,5,7,9,11)(H2,6,8,10,12). The van der Waals surface area contributed by atoms with Gasteiger partial charge in [0.2, 0.25) is 9.54 Å². The summed E-state index contributed by atoms with van der Waals surface area (Å²) in [7, 11) is 0. The van der Waals surface area contributed by atoms with Gasteiger partial charge in [0.15, 0.2) is 11.6 Å². The van der Waals surface area contributed by atoms with Crippen molar-refractivity contribution in [3.05, 3.63) is 9.54 Å². The predicted octanol–water partition coefficient (Wildman–Crippen LogP) is 0.915. The second-order valence-corrected chi connectivity index (χ2v) is 2.80. The topological polar surface area (TPSA) is 88.9 Å². The fourth-order valence-electron chi connectivity index (χ4n) is 0.765. The molecule has 0 aromatic carbocycles. The summed E-state index contributed by atoms with van der Waals surface area (Å²) in [5, 5.41) is 10.8. The van der Waals surface area contributed by atoms with Gasteiger partial charge in [-0.05, 0) is 24.4 Å². The zero-order valence-corrected chi connectivity index (χ0v) is 7.34. The number of nitrogens with zero attached hydrogens (tertiary/aromatic N) is 2. The van der Waals surface area contributed by atoms with Gasteiger partial charge in [-0.2, -0.15) is 9.97 Å². The van der Waals surface area contributed by atoms with Gasteiger partial charge in [0.25, 0.3) is 0 Å². The quantitative estimate of drug-likeness (QED) is 0.515. The Morgan fingerprint density at radius 1 is 0.750 bits per heavy atom. The van der Waals surface area contributed by atoms with Gasteiger partial charge in [0.1, 0.15) is 0 Å². The molecule has 0 unspecified atom stereocenters. The monoisotopic (exact) mass is 200 g/mol. The first-order valence-electron chi connectivity index (χ1n) is 3.05. The molecule has 0 saturated carbocycles. The van der Waals surface area contributed by atoms with E-state index in [0.29, 0.717) is 21.2 Å². The molecule has 0 amide bonds. The number of hydrogen-bond donors (Lipinski definition) is 4. The molecule has 2 aromatic rings. The molecule has 0 fully saturated rings. The Balaban J connectivity index is 2.57. The first-order valence-corrected chi connectivity index (χ1v) is 3.87. The average molecular weight is 200 g/mol. The lowest BCUT2D eigenvalue weighted by Gasteiger charge is -1.82. The van der Waals surface area contributed by atoms with E-state index in [1.54, 1.807) is 0 Å². The highest BCUT2D eigenvalue weighted by Gasteiger charge is 2.02. The van der Waals surface area contributed by atoms with Gasteiger partial charge in [-0.1, -0.05) is 0 Å². The van der Waals surface area contributed by atoms with Crippen molar-refractivity contribution >= 4 is 24.4 Å². The number of hydrogen-bond acceptors (Lipinski definition) is 4. The van der Waals surface area contributed by atoms with Crippen LogP contribution in [0.25, 0.3) is 11.6 Å². The van der Waals surface area contributed by atoms with Gasteiger partial charge in [-0.15, -0.1) is 0 Å². The third-order valence-corrected chi connectivity index (χ3v) is 1.61. The molecule has 2 aromatic heterocycles. The van der Waals surface area contributed by atoms with Crippen molar-refractivity contribution in [1.82, 2.24) is 30.4 Å². The lowest BCUT2D eigenvalue weighted by molar-refractivity contribution is 1.05. The molecule has 0 radical (unpaired) electrons. The molecule has 12 heavy (non-hydrogen) atoms. The Kier molecular flexibility index (Phi) is 1.62. The van der Waals surface area contributed by atoms with E-state index in [-0.39, 0.29) is 0 Å². The van der Waals surface area contributed by atoms with Crippen molar-refractivity contribution in [3.8, 4) is 11.6 Å². The van der Waals surface area contributed by atoms with E-state index in [9.17, 15) is 0 Å². The molecule has 6 nitrogen and oxygen atoms in total. The summed E-state index contributed by atoms with van der Waals surface area (Å²) >= 11 is 9.53.